The minimum Gasteiger partial charge on any atom is -0.378 e. The largest absolute Gasteiger partial charge is 0.378 e. The summed E-state index contributed by atoms with van der Waals surface area (Å²) >= 11 is 1.50. The van der Waals surface area contributed by atoms with Crippen molar-refractivity contribution in [1.82, 2.24) is 9.78 Å². The van der Waals surface area contributed by atoms with Crippen molar-refractivity contribution in [3.63, 3.8) is 0 Å². The van der Waals surface area contributed by atoms with E-state index in [0.717, 1.165) is 21.9 Å². The number of carbonyl (C=O) groups is 1. The Balaban J connectivity index is 1.57. The average Bonchev–Trinajstić information content (AvgIpc) is 3.14. The fourth-order valence-electron chi connectivity index (χ4n) is 4.51. The molecule has 2 aliphatic rings. The zero-order chi connectivity index (χ0) is 21.3. The van der Waals surface area contributed by atoms with Gasteiger partial charge in [-0.25, -0.2) is 4.39 Å². The van der Waals surface area contributed by atoms with Crippen LogP contribution in [0.2, 0.25) is 0 Å². The van der Waals surface area contributed by atoms with Gasteiger partial charge in [0.2, 0.25) is 5.91 Å². The Morgan fingerprint density at radius 3 is 2.90 bits per heavy atom. The summed E-state index contributed by atoms with van der Waals surface area (Å²) in [5.41, 5.74) is 6.54. The van der Waals surface area contributed by atoms with Crippen molar-refractivity contribution in [3.05, 3.63) is 59.4 Å². The number of ether oxygens (including phenoxy) is 1. The summed E-state index contributed by atoms with van der Waals surface area (Å²) < 4.78 is 22.1. The number of hydrogen-bond acceptors (Lipinski definition) is 4. The molecule has 2 aromatic rings. The normalized spacial score (nSPS) is 26.4. The maximum absolute atomic E-state index is 14.8. The van der Waals surface area contributed by atoms with Gasteiger partial charge in [0.25, 0.3) is 0 Å². The number of hydrogen-bond donors (Lipinski definition) is 1. The second-order valence-corrected chi connectivity index (χ2v) is 9.20. The van der Waals surface area contributed by atoms with E-state index in [1.807, 2.05) is 19.1 Å². The van der Waals surface area contributed by atoms with Gasteiger partial charge in [-0.15, -0.1) is 0 Å². The standard InChI is InChI=1S/C23H26FN3O2S/c1-15-14-23(22(25)28,9-11-29-15)16-4-3-5-17(12-16)30-18-6-7-19(20(24)13-18)21-8-10-26-27(21)2/h3,5-8,10,12-13,15-16H,4,9,11,14H2,1-2H3,(H2,25,28)/t15-,16?,23+/m0/s1. The van der Waals surface area contributed by atoms with Crippen molar-refractivity contribution >= 4 is 17.7 Å². The Morgan fingerprint density at radius 2 is 2.23 bits per heavy atom. The number of aryl methyl sites for hydroxylation is 1. The van der Waals surface area contributed by atoms with E-state index in [-0.39, 0.29) is 23.7 Å². The van der Waals surface area contributed by atoms with Crippen LogP contribution < -0.4 is 5.73 Å². The molecule has 3 atom stereocenters. The number of allylic oxidation sites excluding steroid dienone is 3. The molecule has 2 heterocycles. The van der Waals surface area contributed by atoms with Crippen molar-refractivity contribution in [1.29, 1.82) is 0 Å². The Morgan fingerprint density at radius 1 is 1.40 bits per heavy atom. The highest BCUT2D eigenvalue weighted by molar-refractivity contribution is 8.03. The number of amides is 1. The number of rotatable bonds is 5. The summed E-state index contributed by atoms with van der Waals surface area (Å²) in [4.78, 5) is 14.3. The Hall–Kier alpha value is -2.38. The van der Waals surface area contributed by atoms with Gasteiger partial charge >= 0.3 is 0 Å². The maximum Gasteiger partial charge on any atom is 0.224 e. The molecular formula is C23H26FN3O2S. The third kappa shape index (κ3) is 3.96. The van der Waals surface area contributed by atoms with E-state index in [0.29, 0.717) is 25.0 Å². The number of nitrogens with zero attached hydrogens (tertiary/aromatic N) is 2. The van der Waals surface area contributed by atoms with Gasteiger partial charge in [0, 0.05) is 35.2 Å². The topological polar surface area (TPSA) is 70.1 Å². The molecule has 2 N–H and O–H groups in total. The number of carbonyl (C=O) groups excluding carboxylic acids is 1. The fraction of sp³-hybridized carbons (Fsp3) is 0.391. The van der Waals surface area contributed by atoms with Crippen LogP contribution in [0.25, 0.3) is 11.3 Å². The molecule has 158 valence electrons. The average molecular weight is 428 g/mol. The molecule has 1 unspecified atom stereocenters. The van der Waals surface area contributed by atoms with Crippen LogP contribution in [0.15, 0.2) is 58.5 Å². The molecule has 30 heavy (non-hydrogen) atoms. The molecule has 4 rings (SSSR count). The third-order valence-corrected chi connectivity index (χ3v) is 7.11. The third-order valence-electron chi connectivity index (χ3n) is 6.11. The highest BCUT2D eigenvalue weighted by atomic mass is 32.2. The first-order valence-electron chi connectivity index (χ1n) is 10.1. The van der Waals surface area contributed by atoms with Gasteiger partial charge in [-0.3, -0.25) is 9.48 Å². The number of halogens is 1. The summed E-state index contributed by atoms with van der Waals surface area (Å²) in [6.07, 6.45) is 9.94. The predicted octanol–water partition coefficient (Wildman–Crippen LogP) is 4.45. The van der Waals surface area contributed by atoms with Gasteiger partial charge in [-0.05, 0) is 56.4 Å². The molecule has 1 aromatic carbocycles. The molecule has 0 saturated carbocycles. The molecule has 1 saturated heterocycles. The number of benzene rings is 1. The monoisotopic (exact) mass is 427 g/mol. The summed E-state index contributed by atoms with van der Waals surface area (Å²) in [7, 11) is 1.79. The highest BCUT2D eigenvalue weighted by Gasteiger charge is 2.46. The van der Waals surface area contributed by atoms with E-state index in [4.69, 9.17) is 10.5 Å². The van der Waals surface area contributed by atoms with Crippen molar-refractivity contribution in [2.24, 2.45) is 24.1 Å². The van der Waals surface area contributed by atoms with Crippen LogP contribution >= 0.6 is 11.8 Å². The van der Waals surface area contributed by atoms with Gasteiger partial charge in [0.1, 0.15) is 5.82 Å². The van der Waals surface area contributed by atoms with Crippen molar-refractivity contribution in [2.75, 3.05) is 6.61 Å². The molecule has 0 spiro atoms. The molecule has 0 bridgehead atoms. The van der Waals surface area contributed by atoms with Crippen LogP contribution in [0.4, 0.5) is 4.39 Å². The Bertz CT molecular complexity index is 1020. The van der Waals surface area contributed by atoms with Crippen LogP contribution in [0, 0.1) is 17.2 Å². The molecule has 1 fully saturated rings. The number of primary amides is 1. The first-order valence-corrected chi connectivity index (χ1v) is 11.0. The zero-order valence-electron chi connectivity index (χ0n) is 17.2. The minimum absolute atomic E-state index is 0.00954. The highest BCUT2D eigenvalue weighted by Crippen LogP contribution is 2.46. The summed E-state index contributed by atoms with van der Waals surface area (Å²) in [5, 5.41) is 4.11. The van der Waals surface area contributed by atoms with E-state index in [1.165, 1.54) is 11.8 Å². The first kappa shape index (κ1) is 20.9. The van der Waals surface area contributed by atoms with E-state index >= 15 is 0 Å². The van der Waals surface area contributed by atoms with Crippen LogP contribution in [-0.4, -0.2) is 28.4 Å². The number of nitrogens with two attached hydrogens (primary N) is 1. The van der Waals surface area contributed by atoms with E-state index in [9.17, 15) is 9.18 Å². The molecule has 1 aliphatic heterocycles. The van der Waals surface area contributed by atoms with Gasteiger partial charge < -0.3 is 10.5 Å². The molecule has 5 nitrogen and oxygen atoms in total. The lowest BCUT2D eigenvalue weighted by atomic mass is 9.66. The summed E-state index contributed by atoms with van der Waals surface area (Å²) in [6, 6.07) is 7.03. The van der Waals surface area contributed by atoms with Crippen LogP contribution in [0.5, 0.6) is 0 Å². The minimum atomic E-state index is -0.594. The second-order valence-electron chi connectivity index (χ2n) is 8.05. The van der Waals surface area contributed by atoms with Crippen molar-refractivity contribution in [3.8, 4) is 11.3 Å². The van der Waals surface area contributed by atoms with Crippen LogP contribution in [0.3, 0.4) is 0 Å². The molecule has 1 amide bonds. The lowest BCUT2D eigenvalue weighted by Crippen LogP contribution is -2.48. The summed E-state index contributed by atoms with van der Waals surface area (Å²) in [5.74, 6) is -0.523. The molecule has 0 radical (unpaired) electrons. The second kappa shape index (κ2) is 8.40. The van der Waals surface area contributed by atoms with Crippen LogP contribution in [0.1, 0.15) is 26.2 Å². The van der Waals surface area contributed by atoms with Crippen molar-refractivity contribution in [2.45, 2.75) is 37.2 Å². The van der Waals surface area contributed by atoms with Crippen LogP contribution in [-0.2, 0) is 16.6 Å². The van der Waals surface area contributed by atoms with Gasteiger partial charge in [-0.1, -0.05) is 30.0 Å². The van der Waals surface area contributed by atoms with Crippen molar-refractivity contribution < 1.29 is 13.9 Å². The number of aromatic nitrogens is 2. The SMILES string of the molecule is C[C@H]1C[C@@](C(N)=O)(C2C=C(Sc3ccc(-c4ccnn4C)c(F)c3)C=CC2)CCO1. The van der Waals surface area contributed by atoms with Gasteiger partial charge in [0.05, 0.1) is 17.2 Å². The molecule has 1 aliphatic carbocycles. The molecule has 7 heteroatoms. The number of thioether (sulfide) groups is 1. The van der Waals surface area contributed by atoms with E-state index < -0.39 is 5.41 Å². The first-order chi connectivity index (χ1) is 14.4. The predicted molar refractivity (Wildman–Crippen MR) is 116 cm³/mol. The fourth-order valence-corrected chi connectivity index (χ4v) is 5.47. The van der Waals surface area contributed by atoms with Gasteiger partial charge in [-0.2, -0.15) is 5.10 Å². The molecular weight excluding hydrogens is 401 g/mol. The lowest BCUT2D eigenvalue weighted by molar-refractivity contribution is -0.140. The Labute approximate surface area is 180 Å². The zero-order valence-corrected chi connectivity index (χ0v) is 18.0. The quantitative estimate of drug-likeness (QED) is 0.765. The Kier molecular flexibility index (Phi) is 5.84. The smallest absolute Gasteiger partial charge is 0.224 e. The maximum atomic E-state index is 14.8. The van der Waals surface area contributed by atoms with E-state index in [2.05, 4.69) is 17.3 Å². The lowest BCUT2D eigenvalue weighted by Gasteiger charge is -2.42. The van der Waals surface area contributed by atoms with E-state index in [1.54, 1.807) is 36.1 Å². The van der Waals surface area contributed by atoms with Gasteiger partial charge in [0.15, 0.2) is 0 Å². The molecule has 1 aromatic heterocycles. The summed E-state index contributed by atoms with van der Waals surface area (Å²) in [6.45, 7) is 2.53.